The van der Waals surface area contributed by atoms with Crippen LogP contribution in [0.25, 0.3) is 10.8 Å². The number of guanidine groups is 1. The quantitative estimate of drug-likeness (QED) is 0.575. The molecule has 2 aromatic carbocycles. The van der Waals surface area contributed by atoms with E-state index in [-0.39, 0.29) is 0 Å². The van der Waals surface area contributed by atoms with Crippen LogP contribution in [0.2, 0.25) is 0 Å². The smallest absolute Gasteiger partial charge is 0.194 e. The first-order valence-corrected chi connectivity index (χ1v) is 8.60. The van der Waals surface area contributed by atoms with Gasteiger partial charge in [-0.15, -0.1) is 0 Å². The Bertz CT molecular complexity index is 865. The lowest BCUT2D eigenvalue weighted by atomic mass is 10.1. The van der Waals surface area contributed by atoms with Gasteiger partial charge in [0, 0.05) is 38.9 Å². The van der Waals surface area contributed by atoms with Crippen LogP contribution in [-0.2, 0) is 20.1 Å². The number of nitrogens with zero attached hydrogens (tertiary/aromatic N) is 4. The van der Waals surface area contributed by atoms with Crippen molar-refractivity contribution in [2.24, 2.45) is 12.0 Å². The Balaban J connectivity index is 1.73. The molecule has 5 heteroatoms. The highest BCUT2D eigenvalue weighted by molar-refractivity contribution is 5.83. The van der Waals surface area contributed by atoms with Crippen molar-refractivity contribution in [2.45, 2.75) is 20.0 Å². The van der Waals surface area contributed by atoms with Gasteiger partial charge in [-0.05, 0) is 29.3 Å². The largest absolute Gasteiger partial charge is 0.357 e. The molecule has 0 atom stereocenters. The number of aliphatic imine (C=N–C) groups is 1. The third-order valence-electron chi connectivity index (χ3n) is 4.10. The van der Waals surface area contributed by atoms with E-state index in [1.54, 1.807) is 0 Å². The van der Waals surface area contributed by atoms with Gasteiger partial charge in [0.1, 0.15) is 0 Å². The first kappa shape index (κ1) is 17.0. The van der Waals surface area contributed by atoms with Crippen LogP contribution in [-0.4, -0.2) is 34.2 Å². The zero-order valence-electron chi connectivity index (χ0n) is 15.1. The lowest BCUT2D eigenvalue weighted by molar-refractivity contribution is 0.476. The Kier molecular flexibility index (Phi) is 5.33. The van der Waals surface area contributed by atoms with Gasteiger partial charge in [-0.25, -0.2) is 4.99 Å². The van der Waals surface area contributed by atoms with Crippen LogP contribution in [0.3, 0.4) is 0 Å². The molecule has 1 heterocycles. The van der Waals surface area contributed by atoms with Crippen LogP contribution >= 0.6 is 0 Å². The summed E-state index contributed by atoms with van der Waals surface area (Å²) in [7, 11) is 3.98. The summed E-state index contributed by atoms with van der Waals surface area (Å²) < 4.78 is 1.82. The van der Waals surface area contributed by atoms with Crippen LogP contribution in [0.5, 0.6) is 0 Å². The van der Waals surface area contributed by atoms with E-state index in [2.05, 4.69) is 71.8 Å². The van der Waals surface area contributed by atoms with Crippen molar-refractivity contribution in [1.82, 2.24) is 20.0 Å². The van der Waals surface area contributed by atoms with Gasteiger partial charge in [-0.1, -0.05) is 36.4 Å². The molecule has 25 heavy (non-hydrogen) atoms. The van der Waals surface area contributed by atoms with E-state index in [1.165, 1.54) is 21.9 Å². The maximum absolute atomic E-state index is 4.80. The van der Waals surface area contributed by atoms with Gasteiger partial charge in [-0.3, -0.25) is 4.68 Å². The van der Waals surface area contributed by atoms with E-state index in [4.69, 9.17) is 4.99 Å². The topological polar surface area (TPSA) is 45.5 Å². The second kappa shape index (κ2) is 7.83. The molecule has 0 aliphatic carbocycles. The summed E-state index contributed by atoms with van der Waals surface area (Å²) in [4.78, 5) is 6.92. The van der Waals surface area contributed by atoms with Crippen molar-refractivity contribution >= 4 is 16.7 Å². The van der Waals surface area contributed by atoms with E-state index in [1.807, 2.05) is 24.1 Å². The third-order valence-corrected chi connectivity index (χ3v) is 4.10. The van der Waals surface area contributed by atoms with Gasteiger partial charge >= 0.3 is 0 Å². The van der Waals surface area contributed by atoms with Crippen LogP contribution in [0.4, 0.5) is 0 Å². The van der Waals surface area contributed by atoms with Gasteiger partial charge in [0.05, 0.1) is 12.7 Å². The minimum absolute atomic E-state index is 0.657. The van der Waals surface area contributed by atoms with Crippen molar-refractivity contribution in [1.29, 1.82) is 0 Å². The minimum atomic E-state index is 0.657. The molecule has 130 valence electrons. The molecule has 1 aromatic heterocycles. The van der Waals surface area contributed by atoms with E-state index in [9.17, 15) is 0 Å². The molecule has 0 aliphatic rings. The molecule has 0 bridgehead atoms. The van der Waals surface area contributed by atoms with Crippen molar-refractivity contribution < 1.29 is 0 Å². The average molecular weight is 335 g/mol. The summed E-state index contributed by atoms with van der Waals surface area (Å²) in [5.74, 6) is 0.902. The number of aryl methyl sites for hydroxylation is 1. The maximum atomic E-state index is 4.80. The molecular weight excluding hydrogens is 310 g/mol. The summed E-state index contributed by atoms with van der Waals surface area (Å²) in [5, 5.41) is 10.1. The Morgan fingerprint density at radius 1 is 1.16 bits per heavy atom. The van der Waals surface area contributed by atoms with Gasteiger partial charge in [0.25, 0.3) is 0 Å². The van der Waals surface area contributed by atoms with Crippen molar-refractivity contribution in [3.63, 3.8) is 0 Å². The Labute approximate surface area is 149 Å². The zero-order chi connectivity index (χ0) is 17.6. The molecule has 3 aromatic rings. The monoisotopic (exact) mass is 335 g/mol. The molecule has 0 spiro atoms. The molecule has 3 rings (SSSR count). The molecule has 0 fully saturated rings. The number of rotatable bonds is 5. The molecule has 5 nitrogen and oxygen atoms in total. The van der Waals surface area contributed by atoms with Gasteiger partial charge in [0.15, 0.2) is 5.96 Å². The molecule has 0 amide bonds. The van der Waals surface area contributed by atoms with E-state index >= 15 is 0 Å². The number of hydrogen-bond acceptors (Lipinski definition) is 2. The highest BCUT2D eigenvalue weighted by Crippen LogP contribution is 2.16. The number of benzene rings is 2. The summed E-state index contributed by atoms with van der Waals surface area (Å²) in [5.41, 5.74) is 2.38. The summed E-state index contributed by atoms with van der Waals surface area (Å²) in [6.07, 6.45) is 3.92. The zero-order valence-corrected chi connectivity index (χ0v) is 15.1. The SMILES string of the molecule is CCNC(=NCc1ccc2ccccc2c1)N(C)Cc1cnn(C)c1. The lowest BCUT2D eigenvalue weighted by Crippen LogP contribution is -2.38. The first-order chi connectivity index (χ1) is 12.2. The summed E-state index contributed by atoms with van der Waals surface area (Å²) in [6, 6.07) is 14.9. The predicted octanol–water partition coefficient (Wildman–Crippen LogP) is 3.17. The van der Waals surface area contributed by atoms with E-state index in [0.717, 1.165) is 19.0 Å². The van der Waals surface area contributed by atoms with Crippen molar-refractivity contribution in [2.75, 3.05) is 13.6 Å². The Morgan fingerprint density at radius 3 is 2.68 bits per heavy atom. The normalized spacial score (nSPS) is 11.7. The molecule has 0 radical (unpaired) electrons. The highest BCUT2D eigenvalue weighted by atomic mass is 15.3. The van der Waals surface area contributed by atoms with Crippen LogP contribution in [0.1, 0.15) is 18.1 Å². The fourth-order valence-electron chi connectivity index (χ4n) is 2.88. The van der Waals surface area contributed by atoms with Crippen molar-refractivity contribution in [3.05, 3.63) is 66.0 Å². The average Bonchev–Trinajstić information content (AvgIpc) is 3.03. The van der Waals surface area contributed by atoms with Crippen LogP contribution < -0.4 is 5.32 Å². The minimum Gasteiger partial charge on any atom is -0.357 e. The fraction of sp³-hybridized carbons (Fsp3) is 0.300. The van der Waals surface area contributed by atoms with Crippen LogP contribution in [0, 0.1) is 0 Å². The summed E-state index contributed by atoms with van der Waals surface area (Å²) in [6.45, 7) is 4.36. The molecular formula is C20H25N5. The number of aromatic nitrogens is 2. The first-order valence-electron chi connectivity index (χ1n) is 8.60. The second-order valence-electron chi connectivity index (χ2n) is 6.23. The highest BCUT2D eigenvalue weighted by Gasteiger charge is 2.08. The van der Waals surface area contributed by atoms with Gasteiger partial charge in [-0.2, -0.15) is 5.10 Å². The Morgan fingerprint density at radius 2 is 1.96 bits per heavy atom. The maximum Gasteiger partial charge on any atom is 0.194 e. The van der Waals surface area contributed by atoms with Gasteiger partial charge in [0.2, 0.25) is 0 Å². The fourth-order valence-corrected chi connectivity index (χ4v) is 2.88. The lowest BCUT2D eigenvalue weighted by Gasteiger charge is -2.21. The predicted molar refractivity (Wildman–Crippen MR) is 103 cm³/mol. The number of fused-ring (bicyclic) bond motifs is 1. The second-order valence-corrected chi connectivity index (χ2v) is 6.23. The van der Waals surface area contributed by atoms with E-state index in [0.29, 0.717) is 6.54 Å². The summed E-state index contributed by atoms with van der Waals surface area (Å²) >= 11 is 0. The Hall–Kier alpha value is -2.82. The molecule has 0 unspecified atom stereocenters. The van der Waals surface area contributed by atoms with Gasteiger partial charge < -0.3 is 10.2 Å². The number of hydrogen-bond donors (Lipinski definition) is 1. The van der Waals surface area contributed by atoms with Crippen molar-refractivity contribution in [3.8, 4) is 0 Å². The van der Waals surface area contributed by atoms with E-state index < -0.39 is 0 Å². The molecule has 0 saturated carbocycles. The molecule has 0 aliphatic heterocycles. The van der Waals surface area contributed by atoms with Crippen LogP contribution in [0.15, 0.2) is 59.9 Å². The molecule has 0 saturated heterocycles. The number of nitrogens with one attached hydrogen (secondary N) is 1. The third kappa shape index (κ3) is 4.38. The molecule has 1 N–H and O–H groups in total. The standard InChI is InChI=1S/C20H25N5/c1-4-21-20(24(2)14-17-13-23-25(3)15-17)22-12-16-9-10-18-7-5-6-8-19(18)11-16/h5-11,13,15H,4,12,14H2,1-3H3,(H,21,22).